The van der Waals surface area contributed by atoms with Crippen molar-refractivity contribution in [3.05, 3.63) is 64.4 Å². The van der Waals surface area contributed by atoms with Gasteiger partial charge in [-0.2, -0.15) is 0 Å². The standard InChI is InChI=1S/C23H33ClFN2O3P/c1-23(2,19-7-9-20(25)10-8-19)12-3-4-14-27-22-11-6-18(16-21(22)24)17-26-13-5-15-31(28,29)30/h6-11,16,26-27H,3-5,12-15,17H2,1-2H3,(H2,28,29,30). The Kier molecular flexibility index (Phi) is 9.98. The highest BCUT2D eigenvalue weighted by atomic mass is 35.5. The fraction of sp³-hybridized carbons (Fsp3) is 0.478. The molecule has 31 heavy (non-hydrogen) atoms. The highest BCUT2D eigenvalue weighted by Gasteiger charge is 2.19. The van der Waals surface area contributed by atoms with Crippen LogP contribution in [0.5, 0.6) is 0 Å². The van der Waals surface area contributed by atoms with Crippen LogP contribution in [-0.4, -0.2) is 29.0 Å². The Balaban J connectivity index is 1.69. The van der Waals surface area contributed by atoms with Gasteiger partial charge in [0.15, 0.2) is 0 Å². The van der Waals surface area contributed by atoms with Crippen LogP contribution in [0.1, 0.15) is 50.7 Å². The van der Waals surface area contributed by atoms with E-state index in [1.54, 1.807) is 0 Å². The average molecular weight is 471 g/mol. The number of hydrogen-bond acceptors (Lipinski definition) is 3. The maximum Gasteiger partial charge on any atom is 0.325 e. The highest BCUT2D eigenvalue weighted by molar-refractivity contribution is 7.51. The lowest BCUT2D eigenvalue weighted by Crippen LogP contribution is -2.17. The van der Waals surface area contributed by atoms with E-state index < -0.39 is 7.60 Å². The SMILES string of the molecule is CC(C)(CCCCNc1ccc(CNCCCP(=O)(O)O)cc1Cl)c1ccc(F)cc1. The first kappa shape index (κ1) is 25.8. The van der Waals surface area contributed by atoms with Crippen LogP contribution in [0, 0.1) is 5.82 Å². The van der Waals surface area contributed by atoms with E-state index in [9.17, 15) is 8.96 Å². The summed E-state index contributed by atoms with van der Waals surface area (Å²) in [6.07, 6.45) is 3.39. The number of benzene rings is 2. The molecule has 0 unspecified atom stereocenters. The number of anilines is 1. The Morgan fingerprint density at radius 1 is 1.03 bits per heavy atom. The summed E-state index contributed by atoms with van der Waals surface area (Å²) < 4.78 is 24.0. The molecule has 0 aliphatic rings. The van der Waals surface area contributed by atoms with E-state index in [2.05, 4.69) is 24.5 Å². The largest absolute Gasteiger partial charge is 0.384 e. The van der Waals surface area contributed by atoms with E-state index in [1.165, 1.54) is 12.1 Å². The molecule has 0 spiro atoms. The molecule has 2 aromatic carbocycles. The number of halogens is 2. The molecular weight excluding hydrogens is 438 g/mol. The predicted molar refractivity (Wildman–Crippen MR) is 126 cm³/mol. The van der Waals surface area contributed by atoms with Gasteiger partial charge in [0.2, 0.25) is 0 Å². The molecule has 0 saturated carbocycles. The van der Waals surface area contributed by atoms with E-state index in [0.29, 0.717) is 24.5 Å². The zero-order chi connectivity index (χ0) is 22.9. The summed E-state index contributed by atoms with van der Waals surface area (Å²) in [4.78, 5) is 17.7. The molecule has 8 heteroatoms. The van der Waals surface area contributed by atoms with E-state index in [4.69, 9.17) is 21.4 Å². The van der Waals surface area contributed by atoms with Crippen molar-refractivity contribution >= 4 is 24.9 Å². The number of nitrogens with one attached hydrogen (secondary N) is 2. The second-order valence-corrected chi connectivity index (χ2v) is 10.7. The Bertz CT molecular complexity index is 872. The summed E-state index contributed by atoms with van der Waals surface area (Å²) in [7, 11) is -3.92. The van der Waals surface area contributed by atoms with Crippen molar-refractivity contribution in [2.45, 2.75) is 51.5 Å². The van der Waals surface area contributed by atoms with Gasteiger partial charge in [0.25, 0.3) is 0 Å². The summed E-state index contributed by atoms with van der Waals surface area (Å²) in [6.45, 7) is 6.32. The molecule has 2 rings (SSSR count). The fourth-order valence-corrected chi connectivity index (χ4v) is 4.26. The van der Waals surface area contributed by atoms with Crippen molar-refractivity contribution in [2.75, 3.05) is 24.6 Å². The van der Waals surface area contributed by atoms with Gasteiger partial charge in [-0.1, -0.05) is 50.1 Å². The average Bonchev–Trinajstić information content (AvgIpc) is 2.68. The number of rotatable bonds is 13. The van der Waals surface area contributed by atoms with Crippen molar-refractivity contribution in [1.82, 2.24) is 5.32 Å². The molecule has 0 heterocycles. The molecule has 5 nitrogen and oxygen atoms in total. The Morgan fingerprint density at radius 2 is 1.74 bits per heavy atom. The maximum absolute atomic E-state index is 13.1. The molecule has 0 aromatic heterocycles. The quantitative estimate of drug-likeness (QED) is 0.223. The van der Waals surface area contributed by atoms with E-state index in [0.717, 1.165) is 42.6 Å². The van der Waals surface area contributed by atoms with Gasteiger partial charge in [-0.3, -0.25) is 4.57 Å². The molecule has 0 fully saturated rings. The molecule has 2 aromatic rings. The van der Waals surface area contributed by atoms with Crippen molar-refractivity contribution in [1.29, 1.82) is 0 Å². The summed E-state index contributed by atoms with van der Waals surface area (Å²) in [5.74, 6) is -0.206. The molecule has 0 radical (unpaired) electrons. The first-order valence-electron chi connectivity index (χ1n) is 10.6. The minimum absolute atomic E-state index is 0.00524. The second kappa shape index (κ2) is 12.0. The molecule has 0 aliphatic heterocycles. The van der Waals surface area contributed by atoms with Crippen LogP contribution < -0.4 is 10.6 Å². The normalized spacial score (nSPS) is 12.2. The molecule has 172 valence electrons. The molecule has 0 saturated heterocycles. The summed E-state index contributed by atoms with van der Waals surface area (Å²) in [5.41, 5.74) is 3.07. The van der Waals surface area contributed by atoms with Crippen LogP contribution in [0.3, 0.4) is 0 Å². The summed E-state index contributed by atoms with van der Waals surface area (Å²) >= 11 is 6.38. The molecule has 0 amide bonds. The topological polar surface area (TPSA) is 81.6 Å². The van der Waals surface area contributed by atoms with Crippen molar-refractivity contribution in [3.8, 4) is 0 Å². The third-order valence-electron chi connectivity index (χ3n) is 5.34. The first-order valence-corrected chi connectivity index (χ1v) is 12.8. The fourth-order valence-electron chi connectivity index (χ4n) is 3.42. The van der Waals surface area contributed by atoms with Gasteiger partial charge in [-0.25, -0.2) is 4.39 Å². The zero-order valence-corrected chi connectivity index (χ0v) is 19.9. The van der Waals surface area contributed by atoms with E-state index >= 15 is 0 Å². The third-order valence-corrected chi connectivity index (χ3v) is 6.55. The highest BCUT2D eigenvalue weighted by Crippen LogP contribution is 2.34. The maximum atomic E-state index is 13.1. The Labute approximate surface area is 189 Å². The lowest BCUT2D eigenvalue weighted by atomic mass is 9.80. The van der Waals surface area contributed by atoms with Crippen molar-refractivity contribution < 1.29 is 18.7 Å². The third kappa shape index (κ3) is 9.71. The Hall–Kier alpha value is -1.43. The van der Waals surface area contributed by atoms with Gasteiger partial charge in [0, 0.05) is 13.1 Å². The van der Waals surface area contributed by atoms with Crippen LogP contribution in [0.4, 0.5) is 10.1 Å². The first-order chi connectivity index (χ1) is 14.6. The van der Waals surface area contributed by atoms with Gasteiger partial charge in [-0.15, -0.1) is 0 Å². The molecule has 0 bridgehead atoms. The number of unbranched alkanes of at least 4 members (excludes halogenated alkanes) is 1. The Morgan fingerprint density at radius 3 is 2.39 bits per heavy atom. The molecule has 0 aliphatic carbocycles. The molecule has 0 atom stereocenters. The van der Waals surface area contributed by atoms with E-state index in [-0.39, 0.29) is 17.4 Å². The monoisotopic (exact) mass is 470 g/mol. The second-order valence-electron chi connectivity index (χ2n) is 8.51. The minimum Gasteiger partial charge on any atom is -0.384 e. The zero-order valence-electron chi connectivity index (χ0n) is 18.2. The van der Waals surface area contributed by atoms with Crippen LogP contribution in [0.15, 0.2) is 42.5 Å². The summed E-state index contributed by atoms with van der Waals surface area (Å²) in [5, 5.41) is 7.20. The van der Waals surface area contributed by atoms with Crippen LogP contribution in [0.25, 0.3) is 0 Å². The van der Waals surface area contributed by atoms with Gasteiger partial charge in [0.05, 0.1) is 16.9 Å². The molecule has 4 N–H and O–H groups in total. The van der Waals surface area contributed by atoms with Crippen LogP contribution in [0.2, 0.25) is 5.02 Å². The van der Waals surface area contributed by atoms with Crippen LogP contribution in [-0.2, 0) is 16.5 Å². The van der Waals surface area contributed by atoms with Crippen molar-refractivity contribution in [2.24, 2.45) is 0 Å². The minimum atomic E-state index is -3.92. The molecular formula is C23H33ClFN2O3P. The lowest BCUT2D eigenvalue weighted by molar-refractivity contribution is 0.371. The van der Waals surface area contributed by atoms with Crippen LogP contribution >= 0.6 is 19.2 Å². The van der Waals surface area contributed by atoms with E-state index in [1.807, 2.05) is 30.3 Å². The van der Waals surface area contributed by atoms with Gasteiger partial charge in [0.1, 0.15) is 5.82 Å². The van der Waals surface area contributed by atoms with Gasteiger partial charge in [-0.05, 0) is 66.6 Å². The number of hydrogen-bond donors (Lipinski definition) is 4. The van der Waals surface area contributed by atoms with Crippen molar-refractivity contribution in [3.63, 3.8) is 0 Å². The predicted octanol–water partition coefficient (Wildman–Crippen LogP) is 5.70. The van der Waals surface area contributed by atoms with Gasteiger partial charge < -0.3 is 20.4 Å². The van der Waals surface area contributed by atoms with Gasteiger partial charge >= 0.3 is 7.60 Å². The lowest BCUT2D eigenvalue weighted by Gasteiger charge is -2.25. The smallest absolute Gasteiger partial charge is 0.325 e. The summed E-state index contributed by atoms with van der Waals surface area (Å²) in [6, 6.07) is 12.6.